The van der Waals surface area contributed by atoms with Gasteiger partial charge in [-0.2, -0.15) is 0 Å². The number of hydrogen-bond acceptors (Lipinski definition) is 2. The summed E-state index contributed by atoms with van der Waals surface area (Å²) in [6, 6.07) is 7.20. The van der Waals surface area contributed by atoms with Crippen molar-refractivity contribution in [1.29, 1.82) is 0 Å². The second-order valence-corrected chi connectivity index (χ2v) is 5.23. The summed E-state index contributed by atoms with van der Waals surface area (Å²) in [4.78, 5) is 25.3. The van der Waals surface area contributed by atoms with Crippen LogP contribution in [0.3, 0.4) is 0 Å². The molecule has 1 saturated heterocycles. The third-order valence-electron chi connectivity index (χ3n) is 2.92. The van der Waals surface area contributed by atoms with Crippen molar-refractivity contribution in [3.63, 3.8) is 0 Å². The van der Waals surface area contributed by atoms with Crippen LogP contribution in [-0.4, -0.2) is 29.8 Å². The van der Waals surface area contributed by atoms with Crippen molar-refractivity contribution in [1.82, 2.24) is 4.90 Å². The molecule has 1 N–H and O–H groups in total. The summed E-state index contributed by atoms with van der Waals surface area (Å²) in [6.07, 6.45) is 3.10. The number of anilines is 1. The number of piperidine rings is 1. The summed E-state index contributed by atoms with van der Waals surface area (Å²) >= 11 is 3.32. The topological polar surface area (TPSA) is 49.4 Å². The van der Waals surface area contributed by atoms with E-state index in [1.54, 1.807) is 17.0 Å². The molecular formula is C13H15BrN2O2. The van der Waals surface area contributed by atoms with Crippen molar-refractivity contribution >= 4 is 33.4 Å². The average molecular weight is 311 g/mol. The summed E-state index contributed by atoms with van der Waals surface area (Å²) in [5, 5.41) is 2.62. The zero-order valence-electron chi connectivity index (χ0n) is 9.99. The Hall–Kier alpha value is -1.36. The first-order chi connectivity index (χ1) is 8.66. The van der Waals surface area contributed by atoms with Crippen LogP contribution in [-0.2, 0) is 9.59 Å². The van der Waals surface area contributed by atoms with Gasteiger partial charge in [-0.25, -0.2) is 0 Å². The molecule has 0 bridgehead atoms. The predicted octanol–water partition coefficient (Wildman–Crippen LogP) is 2.40. The van der Waals surface area contributed by atoms with Gasteiger partial charge in [0.1, 0.15) is 0 Å². The van der Waals surface area contributed by atoms with Crippen LogP contribution in [0.4, 0.5) is 5.69 Å². The number of nitrogens with one attached hydrogen (secondary N) is 1. The summed E-state index contributed by atoms with van der Waals surface area (Å²) in [6.45, 7) is 1.37. The highest BCUT2D eigenvalue weighted by atomic mass is 79.9. The Morgan fingerprint density at radius 3 is 2.56 bits per heavy atom. The Morgan fingerprint density at radius 1 is 1.17 bits per heavy atom. The lowest BCUT2D eigenvalue weighted by molar-refractivity contribution is -0.143. The van der Waals surface area contributed by atoms with Gasteiger partial charge in [-0.3, -0.25) is 9.59 Å². The molecule has 1 aromatic carbocycles. The SMILES string of the molecule is O=C(Nc1cccc(Br)c1)C(=O)N1CCCCC1. The van der Waals surface area contributed by atoms with E-state index in [0.29, 0.717) is 18.8 Å². The number of likely N-dealkylation sites (tertiary alicyclic amines) is 1. The highest BCUT2D eigenvalue weighted by molar-refractivity contribution is 9.10. The van der Waals surface area contributed by atoms with Crippen molar-refractivity contribution in [3.8, 4) is 0 Å². The van der Waals surface area contributed by atoms with Crippen LogP contribution in [0.2, 0.25) is 0 Å². The lowest BCUT2D eigenvalue weighted by atomic mass is 10.1. The zero-order chi connectivity index (χ0) is 13.0. The van der Waals surface area contributed by atoms with Gasteiger partial charge in [-0.1, -0.05) is 22.0 Å². The number of benzene rings is 1. The number of rotatable bonds is 1. The smallest absolute Gasteiger partial charge is 0.313 e. The monoisotopic (exact) mass is 310 g/mol. The van der Waals surface area contributed by atoms with Gasteiger partial charge in [0.05, 0.1) is 0 Å². The molecule has 0 unspecified atom stereocenters. The minimum absolute atomic E-state index is 0.435. The number of halogens is 1. The Labute approximate surface area is 114 Å². The molecular weight excluding hydrogens is 296 g/mol. The molecule has 2 amide bonds. The lowest BCUT2D eigenvalue weighted by Gasteiger charge is -2.25. The molecule has 18 heavy (non-hydrogen) atoms. The minimum atomic E-state index is -0.560. The van der Waals surface area contributed by atoms with Crippen molar-refractivity contribution in [2.24, 2.45) is 0 Å². The van der Waals surface area contributed by atoms with E-state index in [1.165, 1.54) is 0 Å². The van der Waals surface area contributed by atoms with E-state index >= 15 is 0 Å². The molecule has 96 valence electrons. The Morgan fingerprint density at radius 2 is 1.89 bits per heavy atom. The van der Waals surface area contributed by atoms with Gasteiger partial charge >= 0.3 is 11.8 Å². The van der Waals surface area contributed by atoms with Crippen LogP contribution in [0.5, 0.6) is 0 Å². The van der Waals surface area contributed by atoms with Crippen molar-refractivity contribution in [3.05, 3.63) is 28.7 Å². The van der Waals surface area contributed by atoms with E-state index < -0.39 is 11.8 Å². The predicted molar refractivity (Wildman–Crippen MR) is 73.2 cm³/mol. The number of amides is 2. The summed E-state index contributed by atoms with van der Waals surface area (Å²) in [5.74, 6) is -0.996. The first kappa shape index (κ1) is 13.1. The maximum absolute atomic E-state index is 11.9. The molecule has 1 heterocycles. The fraction of sp³-hybridized carbons (Fsp3) is 0.385. The largest absolute Gasteiger partial charge is 0.334 e. The fourth-order valence-corrected chi connectivity index (χ4v) is 2.39. The second-order valence-electron chi connectivity index (χ2n) is 4.32. The molecule has 1 aromatic rings. The molecule has 1 aliphatic heterocycles. The molecule has 5 heteroatoms. The van der Waals surface area contributed by atoms with Gasteiger partial charge in [-0.05, 0) is 37.5 Å². The van der Waals surface area contributed by atoms with Crippen LogP contribution >= 0.6 is 15.9 Å². The van der Waals surface area contributed by atoms with Gasteiger partial charge in [-0.15, -0.1) is 0 Å². The normalized spacial score (nSPS) is 15.3. The van der Waals surface area contributed by atoms with Gasteiger partial charge in [0.2, 0.25) is 0 Å². The number of nitrogens with zero attached hydrogens (tertiary/aromatic N) is 1. The molecule has 0 aromatic heterocycles. The molecule has 4 nitrogen and oxygen atoms in total. The lowest BCUT2D eigenvalue weighted by Crippen LogP contribution is -2.42. The fourth-order valence-electron chi connectivity index (χ4n) is 1.99. The van der Waals surface area contributed by atoms with E-state index in [4.69, 9.17) is 0 Å². The van der Waals surface area contributed by atoms with Crippen LogP contribution in [0, 0.1) is 0 Å². The van der Waals surface area contributed by atoms with E-state index in [0.717, 1.165) is 23.7 Å². The first-order valence-corrected chi connectivity index (χ1v) is 6.82. The molecule has 0 aliphatic carbocycles. The highest BCUT2D eigenvalue weighted by Gasteiger charge is 2.23. The van der Waals surface area contributed by atoms with E-state index in [-0.39, 0.29) is 0 Å². The molecule has 0 spiro atoms. The molecule has 0 saturated carbocycles. The van der Waals surface area contributed by atoms with Crippen molar-refractivity contribution < 1.29 is 9.59 Å². The number of carbonyl (C=O) groups is 2. The van der Waals surface area contributed by atoms with E-state index in [2.05, 4.69) is 21.2 Å². The molecule has 0 atom stereocenters. The van der Waals surface area contributed by atoms with Crippen LogP contribution in [0.15, 0.2) is 28.7 Å². The number of carbonyl (C=O) groups excluding carboxylic acids is 2. The van der Waals surface area contributed by atoms with Gasteiger partial charge in [0.25, 0.3) is 0 Å². The van der Waals surface area contributed by atoms with Crippen molar-refractivity contribution in [2.75, 3.05) is 18.4 Å². The van der Waals surface area contributed by atoms with Gasteiger partial charge in [0, 0.05) is 23.2 Å². The zero-order valence-corrected chi connectivity index (χ0v) is 11.6. The number of hydrogen-bond donors (Lipinski definition) is 1. The van der Waals surface area contributed by atoms with Crippen molar-refractivity contribution in [2.45, 2.75) is 19.3 Å². The van der Waals surface area contributed by atoms with E-state index in [1.807, 2.05) is 12.1 Å². The third-order valence-corrected chi connectivity index (χ3v) is 3.41. The van der Waals surface area contributed by atoms with Gasteiger partial charge in [0.15, 0.2) is 0 Å². The minimum Gasteiger partial charge on any atom is -0.334 e. The summed E-state index contributed by atoms with van der Waals surface area (Å²) in [7, 11) is 0. The third kappa shape index (κ3) is 3.32. The Balaban J connectivity index is 1.96. The first-order valence-electron chi connectivity index (χ1n) is 6.02. The maximum Gasteiger partial charge on any atom is 0.313 e. The Kier molecular flexibility index (Phi) is 4.36. The van der Waals surface area contributed by atoms with Gasteiger partial charge < -0.3 is 10.2 Å². The van der Waals surface area contributed by atoms with Crippen LogP contribution < -0.4 is 5.32 Å². The molecule has 1 fully saturated rings. The highest BCUT2D eigenvalue weighted by Crippen LogP contribution is 2.16. The average Bonchev–Trinajstić information content (AvgIpc) is 2.39. The summed E-state index contributed by atoms with van der Waals surface area (Å²) < 4.78 is 0.866. The second kappa shape index (κ2) is 6.00. The van der Waals surface area contributed by atoms with Crippen LogP contribution in [0.25, 0.3) is 0 Å². The maximum atomic E-state index is 11.9. The summed E-state index contributed by atoms with van der Waals surface area (Å²) in [5.41, 5.74) is 0.625. The quantitative estimate of drug-likeness (QED) is 0.810. The molecule has 1 aliphatic rings. The Bertz CT molecular complexity index is 456. The standard InChI is InChI=1S/C13H15BrN2O2/c14-10-5-4-6-11(9-10)15-12(17)13(18)16-7-2-1-3-8-16/h4-6,9H,1-3,7-8H2,(H,15,17). The molecule has 2 rings (SSSR count). The van der Waals surface area contributed by atoms with E-state index in [9.17, 15) is 9.59 Å². The molecule has 0 radical (unpaired) electrons. The van der Waals surface area contributed by atoms with Crippen LogP contribution in [0.1, 0.15) is 19.3 Å².